The first-order chi connectivity index (χ1) is 16.1. The minimum absolute atomic E-state index is 0.188. The second-order valence-electron chi connectivity index (χ2n) is 8.25. The monoisotopic (exact) mass is 441 g/mol. The maximum absolute atomic E-state index is 11.2. The summed E-state index contributed by atoms with van der Waals surface area (Å²) in [4.78, 5) is 11.2. The van der Waals surface area contributed by atoms with Crippen molar-refractivity contribution in [2.45, 2.75) is 46.0 Å². The predicted octanol–water partition coefficient (Wildman–Crippen LogP) is 7.00. The van der Waals surface area contributed by atoms with E-state index in [1.807, 2.05) is 12.1 Å². The molecule has 3 rings (SSSR count). The van der Waals surface area contributed by atoms with E-state index in [-0.39, 0.29) is 5.91 Å². The van der Waals surface area contributed by atoms with Crippen molar-refractivity contribution in [1.82, 2.24) is 5.32 Å². The molecule has 3 nitrogen and oxygen atoms in total. The molecule has 0 aliphatic heterocycles. The lowest BCUT2D eigenvalue weighted by molar-refractivity contribution is -0.116. The summed E-state index contributed by atoms with van der Waals surface area (Å²) in [5.74, 6) is 0.604. The Morgan fingerprint density at radius 1 is 0.909 bits per heavy atom. The fourth-order valence-electron chi connectivity index (χ4n) is 3.94. The maximum atomic E-state index is 11.2. The van der Waals surface area contributed by atoms with E-state index < -0.39 is 0 Å². The summed E-state index contributed by atoms with van der Waals surface area (Å²) in [7, 11) is 0. The number of ether oxygens (including phenoxy) is 1. The van der Waals surface area contributed by atoms with Crippen molar-refractivity contribution in [3.8, 4) is 28.0 Å². The lowest BCUT2D eigenvalue weighted by Gasteiger charge is -2.13. The summed E-state index contributed by atoms with van der Waals surface area (Å²) in [5, 5.41) is 2.71. The van der Waals surface area contributed by atoms with E-state index in [0.29, 0.717) is 13.2 Å². The average Bonchev–Trinajstić information content (AvgIpc) is 2.87. The van der Waals surface area contributed by atoms with Crippen LogP contribution in [0, 0.1) is 0 Å². The molecule has 0 saturated carbocycles. The molecule has 0 aliphatic carbocycles. The van der Waals surface area contributed by atoms with Crippen LogP contribution in [0.3, 0.4) is 0 Å². The molecule has 1 N–H and O–H groups in total. The molecule has 0 spiro atoms. The number of carbonyl (C=O) groups excluding carboxylic acids is 1. The van der Waals surface area contributed by atoms with Crippen LogP contribution >= 0.6 is 0 Å². The standard InChI is InChI=1S/C30H35NO2/c1-4-7-8-9-23-10-12-25(13-11-23)27-16-19-29(24(5-2)22-27)26-14-17-28(18-15-26)33-21-20-31-30(32)6-3/h6,10-19,22H,3-5,7-9,20-21H2,1-2H3,(H,31,32). The first-order valence-corrected chi connectivity index (χ1v) is 12.0. The van der Waals surface area contributed by atoms with Gasteiger partial charge in [-0.25, -0.2) is 0 Å². The smallest absolute Gasteiger partial charge is 0.243 e. The van der Waals surface area contributed by atoms with E-state index in [2.05, 4.69) is 80.3 Å². The molecule has 3 aromatic rings. The topological polar surface area (TPSA) is 38.3 Å². The van der Waals surface area contributed by atoms with Gasteiger partial charge in [-0.3, -0.25) is 4.79 Å². The van der Waals surface area contributed by atoms with Crippen molar-refractivity contribution < 1.29 is 9.53 Å². The quantitative estimate of drug-likeness (QED) is 0.243. The fraction of sp³-hybridized carbons (Fsp3) is 0.300. The number of unbranched alkanes of at least 4 members (excludes halogenated alkanes) is 2. The van der Waals surface area contributed by atoms with Crippen molar-refractivity contribution in [3.63, 3.8) is 0 Å². The molecule has 0 aromatic heterocycles. The molecule has 0 radical (unpaired) electrons. The molecule has 0 bridgehead atoms. The van der Waals surface area contributed by atoms with Gasteiger partial charge in [-0.1, -0.05) is 87.9 Å². The SMILES string of the molecule is C=CC(=O)NCCOc1ccc(-c2ccc(-c3ccc(CCCCC)cc3)cc2CC)cc1. The summed E-state index contributed by atoms with van der Waals surface area (Å²) in [6, 6.07) is 23.9. The van der Waals surface area contributed by atoms with Gasteiger partial charge in [-0.15, -0.1) is 0 Å². The Hall–Kier alpha value is -3.33. The normalized spacial score (nSPS) is 10.6. The third kappa shape index (κ3) is 7.08. The highest BCUT2D eigenvalue weighted by Crippen LogP contribution is 2.31. The zero-order valence-electron chi connectivity index (χ0n) is 19.9. The highest BCUT2D eigenvalue weighted by molar-refractivity contribution is 5.86. The highest BCUT2D eigenvalue weighted by atomic mass is 16.5. The van der Waals surface area contributed by atoms with Crippen LogP contribution in [-0.2, 0) is 17.6 Å². The second kappa shape index (κ2) is 12.6. The van der Waals surface area contributed by atoms with E-state index >= 15 is 0 Å². The molecule has 0 unspecified atom stereocenters. The molecule has 1 amide bonds. The fourth-order valence-corrected chi connectivity index (χ4v) is 3.94. The van der Waals surface area contributed by atoms with Gasteiger partial charge in [0.2, 0.25) is 5.91 Å². The Labute approximate surface area is 198 Å². The largest absolute Gasteiger partial charge is 0.492 e. The minimum Gasteiger partial charge on any atom is -0.492 e. The molecule has 0 heterocycles. The Kier molecular flexibility index (Phi) is 9.31. The Balaban J connectivity index is 1.67. The highest BCUT2D eigenvalue weighted by Gasteiger charge is 2.08. The lowest BCUT2D eigenvalue weighted by atomic mass is 9.93. The molecule has 3 heteroatoms. The Morgan fingerprint density at radius 2 is 1.61 bits per heavy atom. The van der Waals surface area contributed by atoms with E-state index in [0.717, 1.165) is 18.6 Å². The first-order valence-electron chi connectivity index (χ1n) is 12.0. The minimum atomic E-state index is -0.188. The van der Waals surface area contributed by atoms with E-state index in [9.17, 15) is 4.79 Å². The van der Waals surface area contributed by atoms with Crippen molar-refractivity contribution >= 4 is 5.91 Å². The molecular weight excluding hydrogens is 406 g/mol. The molecule has 0 saturated heterocycles. The number of amides is 1. The zero-order chi connectivity index (χ0) is 23.5. The van der Waals surface area contributed by atoms with Crippen LogP contribution in [0.1, 0.15) is 44.2 Å². The zero-order valence-corrected chi connectivity index (χ0v) is 19.9. The van der Waals surface area contributed by atoms with Crippen LogP contribution in [-0.4, -0.2) is 19.1 Å². The summed E-state index contributed by atoms with van der Waals surface area (Å²) in [6.45, 7) is 8.76. The van der Waals surface area contributed by atoms with Gasteiger partial charge in [0.15, 0.2) is 0 Å². The molecular formula is C30H35NO2. The molecule has 0 atom stereocenters. The van der Waals surface area contributed by atoms with Crippen molar-refractivity contribution in [3.05, 3.63) is 90.5 Å². The van der Waals surface area contributed by atoms with E-state index in [1.165, 1.54) is 58.7 Å². The predicted molar refractivity (Wildman–Crippen MR) is 139 cm³/mol. The van der Waals surface area contributed by atoms with E-state index in [4.69, 9.17) is 4.74 Å². The summed E-state index contributed by atoms with van der Waals surface area (Å²) in [6.07, 6.45) is 7.21. The number of benzene rings is 3. The molecule has 3 aromatic carbocycles. The third-order valence-corrected chi connectivity index (χ3v) is 5.86. The first kappa shape index (κ1) is 24.3. The van der Waals surface area contributed by atoms with Crippen LogP contribution in [0.2, 0.25) is 0 Å². The average molecular weight is 442 g/mol. The van der Waals surface area contributed by atoms with Crippen LogP contribution in [0.25, 0.3) is 22.3 Å². The summed E-state index contributed by atoms with van der Waals surface area (Å²) >= 11 is 0. The van der Waals surface area contributed by atoms with Gasteiger partial charge in [0.05, 0.1) is 6.54 Å². The number of rotatable bonds is 12. The number of nitrogens with one attached hydrogen (secondary N) is 1. The lowest BCUT2D eigenvalue weighted by Crippen LogP contribution is -2.26. The second-order valence-corrected chi connectivity index (χ2v) is 8.25. The van der Waals surface area contributed by atoms with E-state index in [1.54, 1.807) is 0 Å². The number of hydrogen-bond donors (Lipinski definition) is 1. The molecule has 172 valence electrons. The van der Waals surface area contributed by atoms with Crippen molar-refractivity contribution in [2.24, 2.45) is 0 Å². The summed E-state index contributed by atoms with van der Waals surface area (Å²) in [5.41, 5.74) is 7.71. The van der Waals surface area contributed by atoms with Gasteiger partial charge >= 0.3 is 0 Å². The van der Waals surface area contributed by atoms with Gasteiger partial charge in [0.25, 0.3) is 0 Å². The molecule has 33 heavy (non-hydrogen) atoms. The molecule has 0 aliphatic rings. The van der Waals surface area contributed by atoms with Crippen LogP contribution in [0.5, 0.6) is 5.75 Å². The van der Waals surface area contributed by atoms with Gasteiger partial charge in [-0.05, 0) is 70.9 Å². The Morgan fingerprint density at radius 3 is 2.27 bits per heavy atom. The van der Waals surface area contributed by atoms with Gasteiger partial charge in [0, 0.05) is 0 Å². The maximum Gasteiger partial charge on any atom is 0.243 e. The van der Waals surface area contributed by atoms with Gasteiger partial charge < -0.3 is 10.1 Å². The molecule has 0 fully saturated rings. The number of aryl methyl sites for hydroxylation is 2. The number of carbonyl (C=O) groups is 1. The van der Waals surface area contributed by atoms with Crippen molar-refractivity contribution in [1.29, 1.82) is 0 Å². The van der Waals surface area contributed by atoms with Crippen LogP contribution < -0.4 is 10.1 Å². The Bertz CT molecular complexity index is 1040. The van der Waals surface area contributed by atoms with Crippen LogP contribution in [0.15, 0.2) is 79.4 Å². The van der Waals surface area contributed by atoms with Gasteiger partial charge in [-0.2, -0.15) is 0 Å². The summed E-state index contributed by atoms with van der Waals surface area (Å²) < 4.78 is 5.72. The van der Waals surface area contributed by atoms with Crippen LogP contribution in [0.4, 0.5) is 0 Å². The van der Waals surface area contributed by atoms with Crippen molar-refractivity contribution in [2.75, 3.05) is 13.2 Å². The third-order valence-electron chi connectivity index (χ3n) is 5.86. The number of hydrogen-bond acceptors (Lipinski definition) is 2. The van der Waals surface area contributed by atoms with Gasteiger partial charge in [0.1, 0.15) is 12.4 Å².